The van der Waals surface area contributed by atoms with Gasteiger partial charge in [0.2, 0.25) is 0 Å². The van der Waals surface area contributed by atoms with Gasteiger partial charge in [0, 0.05) is 86.5 Å². The van der Waals surface area contributed by atoms with E-state index in [1.54, 1.807) is 0 Å². The summed E-state index contributed by atoms with van der Waals surface area (Å²) in [4.78, 5) is 0. The molecule has 0 aromatic heterocycles. The second-order valence-corrected chi connectivity index (χ2v) is 29.8. The van der Waals surface area contributed by atoms with Gasteiger partial charge in [-0.2, -0.15) is 0 Å². The molecule has 0 nitrogen and oxygen atoms in total. The second-order valence-electron chi connectivity index (χ2n) is 18.7. The zero-order valence-electron chi connectivity index (χ0n) is 35.8. The summed E-state index contributed by atoms with van der Waals surface area (Å²) in [5, 5.41) is -2.90. The van der Waals surface area contributed by atoms with Crippen LogP contribution in [0.4, 0.5) is 35.1 Å². The molecule has 8 aromatic rings. The smallest absolute Gasteiger partial charge is 0.167 e. The zero-order valence-corrected chi connectivity index (χ0v) is 37.8. The van der Waals surface area contributed by atoms with Gasteiger partial charge in [-0.3, -0.25) is 0 Å². The molecule has 0 fully saturated rings. The highest BCUT2D eigenvalue weighted by molar-refractivity contribution is 6.91. The van der Waals surface area contributed by atoms with Gasteiger partial charge in [-0.25, -0.2) is 35.1 Å². The minimum Gasteiger partial charge on any atom is -0.204 e. The Morgan fingerprint density at radius 2 is 0.517 bits per heavy atom. The van der Waals surface area contributed by atoms with Crippen LogP contribution in [0, 0.1) is 69.5 Å². The minimum absolute atomic E-state index is 0.00396. The molecule has 8 rings (SSSR count). The van der Waals surface area contributed by atoms with Crippen LogP contribution in [0.2, 0.25) is 33.2 Å². The molecule has 0 aliphatic rings. The Kier molecular flexibility index (Phi) is 9.77. The molecule has 0 saturated heterocycles. The number of fused-ring (bicyclic) bond motifs is 2. The molecule has 0 N–H and O–H groups in total. The SMILES string of the molecule is CC(C)[Si](C#Cc1c2cc(F)c(F)c3c4c(F)c(F)cc5c(C#C[Si](C(C)C)(C(C)C)C(C)C)c6cc(F)c(F)c7c8c(F)c(F)cc1c8c(c23)c(c54)c67)(C(C)C)C(C)C. The Labute approximate surface area is 346 Å². The van der Waals surface area contributed by atoms with Gasteiger partial charge in [0.25, 0.3) is 0 Å². The summed E-state index contributed by atoms with van der Waals surface area (Å²) in [7, 11) is -5.20. The third-order valence-electron chi connectivity index (χ3n) is 14.2. The van der Waals surface area contributed by atoms with Crippen molar-refractivity contribution in [1.29, 1.82) is 0 Å². The average Bonchev–Trinajstić information content (AvgIpc) is 3.15. The third-order valence-corrected chi connectivity index (χ3v) is 26.8. The van der Waals surface area contributed by atoms with Crippen molar-refractivity contribution in [3.63, 3.8) is 0 Å². The summed E-state index contributed by atoms with van der Waals surface area (Å²) in [5.74, 6) is -5.01. The van der Waals surface area contributed by atoms with E-state index < -0.39 is 84.2 Å². The van der Waals surface area contributed by atoms with Crippen molar-refractivity contribution in [3.05, 3.63) is 81.9 Å². The molecule has 0 aliphatic carbocycles. The molecule has 0 saturated carbocycles. The first-order valence-electron chi connectivity index (χ1n) is 20.7. The normalized spacial score (nSPS) is 13.3. The van der Waals surface area contributed by atoms with Crippen LogP contribution in [0.1, 0.15) is 94.2 Å². The lowest BCUT2D eigenvalue weighted by Gasteiger charge is -2.38. The van der Waals surface area contributed by atoms with Crippen molar-refractivity contribution < 1.29 is 35.1 Å². The Hall–Kier alpha value is -4.65. The standard InChI is InChI=1S/C50H46F8Si2/c1-21(2)59(22(3)4,23(5)6)15-13-27-29-17-33(51)47(55)43-37(29)41-38-30(27)18-34(52)48(56)44(38)46-40-32(20-36(54)50(46)58)28(14-16-60(24(7)8,25(9)10)26(11)12)31-19-35(53)49(57)45(43)39(31)42(40)41/h17-26H,1-12H3. The maximum atomic E-state index is 16.8. The van der Waals surface area contributed by atoms with Crippen LogP contribution in [0.3, 0.4) is 0 Å². The molecule has 310 valence electrons. The largest absolute Gasteiger partial charge is 0.204 e. The Morgan fingerprint density at radius 1 is 0.317 bits per heavy atom. The van der Waals surface area contributed by atoms with Gasteiger partial charge >= 0.3 is 0 Å². The number of rotatable bonds is 6. The van der Waals surface area contributed by atoms with E-state index in [4.69, 9.17) is 0 Å². The van der Waals surface area contributed by atoms with Gasteiger partial charge in [0.15, 0.2) is 46.5 Å². The maximum Gasteiger partial charge on any atom is 0.167 e. The Morgan fingerprint density at radius 3 is 0.700 bits per heavy atom. The van der Waals surface area contributed by atoms with Gasteiger partial charge < -0.3 is 0 Å². The second kappa shape index (κ2) is 13.9. The number of halogens is 8. The summed E-state index contributed by atoms with van der Waals surface area (Å²) in [5.41, 5.74) is 7.74. The van der Waals surface area contributed by atoms with E-state index in [0.717, 1.165) is 24.3 Å². The number of benzene rings is 8. The van der Waals surface area contributed by atoms with Crippen molar-refractivity contribution in [2.45, 2.75) is 116 Å². The lowest BCUT2D eigenvalue weighted by Crippen LogP contribution is -2.43. The molecule has 0 amide bonds. The monoisotopic (exact) mass is 854 g/mol. The van der Waals surface area contributed by atoms with E-state index >= 15 is 35.1 Å². The van der Waals surface area contributed by atoms with Crippen molar-refractivity contribution >= 4 is 91.6 Å². The number of hydrogen-bond donors (Lipinski definition) is 0. The van der Waals surface area contributed by atoms with Gasteiger partial charge in [-0.15, -0.1) is 11.1 Å². The first kappa shape index (κ1) is 42.1. The first-order chi connectivity index (χ1) is 28.1. The van der Waals surface area contributed by atoms with Crippen molar-refractivity contribution in [1.82, 2.24) is 0 Å². The molecule has 0 bridgehead atoms. The fourth-order valence-electron chi connectivity index (χ4n) is 11.8. The highest BCUT2D eigenvalue weighted by atomic mass is 28.3. The van der Waals surface area contributed by atoms with Crippen molar-refractivity contribution in [3.8, 4) is 22.9 Å². The highest BCUT2D eigenvalue weighted by Crippen LogP contribution is 2.56. The molecule has 0 unspecified atom stereocenters. The van der Waals surface area contributed by atoms with Crippen molar-refractivity contribution in [2.75, 3.05) is 0 Å². The zero-order chi connectivity index (χ0) is 44.0. The van der Waals surface area contributed by atoms with Gasteiger partial charge in [0.1, 0.15) is 16.1 Å². The predicted octanol–water partition coefficient (Wildman–Crippen LogP) is 16.3. The van der Waals surface area contributed by atoms with Crippen LogP contribution >= 0.6 is 0 Å². The van der Waals surface area contributed by atoms with Crippen LogP contribution in [0.25, 0.3) is 75.4 Å². The molecule has 0 heterocycles. The third kappa shape index (κ3) is 5.22. The van der Waals surface area contributed by atoms with Gasteiger partial charge in [-0.05, 0) is 57.5 Å². The maximum absolute atomic E-state index is 16.8. The lowest BCUT2D eigenvalue weighted by atomic mass is 9.77. The van der Waals surface area contributed by atoms with E-state index in [1.165, 1.54) is 0 Å². The first-order valence-corrected chi connectivity index (χ1v) is 25.2. The molecular weight excluding hydrogens is 809 g/mol. The average molecular weight is 855 g/mol. The molecule has 60 heavy (non-hydrogen) atoms. The van der Waals surface area contributed by atoms with Crippen LogP contribution in [0.5, 0.6) is 0 Å². The van der Waals surface area contributed by atoms with Crippen LogP contribution in [-0.4, -0.2) is 16.1 Å². The summed E-state index contributed by atoms with van der Waals surface area (Å²) < 4.78 is 132. The topological polar surface area (TPSA) is 0 Å². The molecule has 0 atom stereocenters. The quantitative estimate of drug-likeness (QED) is 0.0514. The van der Waals surface area contributed by atoms with Crippen LogP contribution in [0.15, 0.2) is 24.3 Å². The van der Waals surface area contributed by atoms with Crippen LogP contribution < -0.4 is 0 Å². The molecule has 0 aliphatic heterocycles. The number of hydrogen-bond acceptors (Lipinski definition) is 0. The van der Waals surface area contributed by atoms with E-state index in [1.807, 2.05) is 0 Å². The Bertz CT molecular complexity index is 2810. The molecule has 0 spiro atoms. The van der Waals surface area contributed by atoms with Crippen LogP contribution in [-0.2, 0) is 0 Å². The predicted molar refractivity (Wildman–Crippen MR) is 238 cm³/mol. The van der Waals surface area contributed by atoms with Gasteiger partial charge in [0.05, 0.1) is 0 Å². The van der Waals surface area contributed by atoms with Crippen molar-refractivity contribution in [2.24, 2.45) is 0 Å². The minimum atomic E-state index is -2.60. The fourth-order valence-corrected chi connectivity index (χ4v) is 22.2. The lowest BCUT2D eigenvalue weighted by molar-refractivity contribution is 0.512. The Balaban J connectivity index is 1.77. The summed E-state index contributed by atoms with van der Waals surface area (Å²) >= 11 is 0. The van der Waals surface area contributed by atoms with E-state index in [-0.39, 0.29) is 98.2 Å². The molecule has 8 aromatic carbocycles. The summed E-state index contributed by atoms with van der Waals surface area (Å²) in [6.07, 6.45) is 0. The van der Waals surface area contributed by atoms with E-state index in [9.17, 15) is 0 Å². The van der Waals surface area contributed by atoms with E-state index in [0.29, 0.717) is 0 Å². The van der Waals surface area contributed by atoms with Gasteiger partial charge in [-0.1, -0.05) is 94.9 Å². The van der Waals surface area contributed by atoms with E-state index in [2.05, 4.69) is 106 Å². The fraction of sp³-hybridized carbons (Fsp3) is 0.360. The summed E-state index contributed by atoms with van der Waals surface area (Å²) in [6, 6.07) is 3.63. The molecule has 10 heteroatoms. The highest BCUT2D eigenvalue weighted by Gasteiger charge is 2.43. The molecular formula is C50H46F8Si2. The summed E-state index contributed by atoms with van der Waals surface area (Å²) in [6.45, 7) is 24.8. The molecule has 0 radical (unpaired) electrons.